The van der Waals surface area contributed by atoms with Crippen LogP contribution in [0.1, 0.15) is 22.7 Å². The predicted octanol–water partition coefficient (Wildman–Crippen LogP) is 3.85. The lowest BCUT2D eigenvalue weighted by Crippen LogP contribution is -2.37. The standard InChI is InChI=1S/C24H26N2O3/c1-28-21-13-19(14-22(15-21)29-2)17-25-23(20-11-7-4-8-12-20)24(27)26-16-18-9-5-3-6-10-18/h3-15,23,25H,16-17H2,1-2H3,(H,26,27). The fourth-order valence-corrected chi connectivity index (χ4v) is 3.08. The van der Waals surface area contributed by atoms with Crippen LogP contribution in [0.5, 0.6) is 11.5 Å². The van der Waals surface area contributed by atoms with Crippen molar-refractivity contribution in [1.82, 2.24) is 10.6 Å². The van der Waals surface area contributed by atoms with Crippen LogP contribution in [0, 0.1) is 0 Å². The van der Waals surface area contributed by atoms with Gasteiger partial charge >= 0.3 is 0 Å². The van der Waals surface area contributed by atoms with Gasteiger partial charge in [0.25, 0.3) is 0 Å². The van der Waals surface area contributed by atoms with Crippen molar-refractivity contribution in [1.29, 1.82) is 0 Å². The first kappa shape index (κ1) is 20.4. The third-order valence-corrected chi connectivity index (χ3v) is 4.63. The second-order valence-electron chi connectivity index (χ2n) is 6.65. The van der Waals surface area contributed by atoms with E-state index in [2.05, 4.69) is 10.6 Å². The molecule has 3 aromatic carbocycles. The molecule has 29 heavy (non-hydrogen) atoms. The number of carbonyl (C=O) groups excluding carboxylic acids is 1. The third kappa shape index (κ3) is 5.83. The molecular formula is C24H26N2O3. The van der Waals surface area contributed by atoms with Crippen LogP contribution >= 0.6 is 0 Å². The van der Waals surface area contributed by atoms with Gasteiger partial charge in [-0.25, -0.2) is 0 Å². The molecule has 1 amide bonds. The highest BCUT2D eigenvalue weighted by atomic mass is 16.5. The fourth-order valence-electron chi connectivity index (χ4n) is 3.08. The lowest BCUT2D eigenvalue weighted by Gasteiger charge is -2.19. The SMILES string of the molecule is COc1cc(CNC(C(=O)NCc2ccccc2)c2ccccc2)cc(OC)c1. The Bertz CT molecular complexity index is 892. The summed E-state index contributed by atoms with van der Waals surface area (Å²) in [6.45, 7) is 0.976. The van der Waals surface area contributed by atoms with Crippen molar-refractivity contribution in [3.63, 3.8) is 0 Å². The van der Waals surface area contributed by atoms with Crippen LogP contribution in [0.3, 0.4) is 0 Å². The van der Waals surface area contributed by atoms with Gasteiger partial charge in [-0.2, -0.15) is 0 Å². The number of hydrogen-bond donors (Lipinski definition) is 2. The topological polar surface area (TPSA) is 59.6 Å². The molecule has 0 saturated carbocycles. The third-order valence-electron chi connectivity index (χ3n) is 4.63. The van der Waals surface area contributed by atoms with E-state index in [9.17, 15) is 4.79 Å². The normalized spacial score (nSPS) is 11.5. The van der Waals surface area contributed by atoms with Crippen LogP contribution in [0.2, 0.25) is 0 Å². The van der Waals surface area contributed by atoms with Gasteiger partial charge in [0, 0.05) is 19.2 Å². The second kappa shape index (κ2) is 10.3. The number of rotatable bonds is 9. The molecule has 0 spiro atoms. The zero-order chi connectivity index (χ0) is 20.5. The summed E-state index contributed by atoms with van der Waals surface area (Å²) < 4.78 is 10.7. The molecule has 0 heterocycles. The summed E-state index contributed by atoms with van der Waals surface area (Å²) >= 11 is 0. The molecule has 1 unspecified atom stereocenters. The number of nitrogens with one attached hydrogen (secondary N) is 2. The maximum absolute atomic E-state index is 13.0. The van der Waals surface area contributed by atoms with E-state index in [1.807, 2.05) is 78.9 Å². The van der Waals surface area contributed by atoms with Gasteiger partial charge in [-0.1, -0.05) is 60.7 Å². The molecule has 0 fully saturated rings. The zero-order valence-electron chi connectivity index (χ0n) is 16.7. The largest absolute Gasteiger partial charge is 0.497 e. The number of amides is 1. The lowest BCUT2D eigenvalue weighted by atomic mass is 10.1. The van der Waals surface area contributed by atoms with Crippen molar-refractivity contribution in [2.24, 2.45) is 0 Å². The van der Waals surface area contributed by atoms with Gasteiger partial charge in [0.15, 0.2) is 0 Å². The Labute approximate surface area is 171 Å². The number of carbonyl (C=O) groups is 1. The number of benzene rings is 3. The smallest absolute Gasteiger partial charge is 0.242 e. The van der Waals surface area contributed by atoms with Crippen molar-refractivity contribution in [2.75, 3.05) is 14.2 Å². The predicted molar refractivity (Wildman–Crippen MR) is 114 cm³/mol. The van der Waals surface area contributed by atoms with E-state index in [1.165, 1.54) is 0 Å². The average Bonchev–Trinajstić information content (AvgIpc) is 2.79. The minimum atomic E-state index is -0.475. The Kier molecular flexibility index (Phi) is 7.25. The fraction of sp³-hybridized carbons (Fsp3) is 0.208. The summed E-state index contributed by atoms with van der Waals surface area (Å²) in [6, 6.07) is 24.8. The van der Waals surface area contributed by atoms with Gasteiger partial charge in [0.2, 0.25) is 5.91 Å². The van der Waals surface area contributed by atoms with Crippen molar-refractivity contribution < 1.29 is 14.3 Å². The minimum absolute atomic E-state index is 0.0742. The van der Waals surface area contributed by atoms with E-state index in [4.69, 9.17) is 9.47 Å². The summed E-state index contributed by atoms with van der Waals surface area (Å²) in [7, 11) is 3.24. The van der Waals surface area contributed by atoms with E-state index < -0.39 is 6.04 Å². The maximum atomic E-state index is 13.0. The summed E-state index contributed by atoms with van der Waals surface area (Å²) in [6.07, 6.45) is 0. The first-order chi connectivity index (χ1) is 14.2. The van der Waals surface area contributed by atoms with Crippen LogP contribution in [0.25, 0.3) is 0 Å². The van der Waals surface area contributed by atoms with Crippen molar-refractivity contribution in [3.8, 4) is 11.5 Å². The second-order valence-corrected chi connectivity index (χ2v) is 6.65. The van der Waals surface area contributed by atoms with Crippen molar-refractivity contribution >= 4 is 5.91 Å². The average molecular weight is 390 g/mol. The molecule has 3 rings (SSSR count). The van der Waals surface area contributed by atoms with Gasteiger partial charge < -0.3 is 14.8 Å². The maximum Gasteiger partial charge on any atom is 0.242 e. The number of hydrogen-bond acceptors (Lipinski definition) is 4. The molecule has 150 valence electrons. The summed E-state index contributed by atoms with van der Waals surface area (Å²) in [5.74, 6) is 1.35. The Morgan fingerprint density at radius 3 is 1.97 bits per heavy atom. The quantitative estimate of drug-likeness (QED) is 0.583. The van der Waals surface area contributed by atoms with E-state index in [1.54, 1.807) is 14.2 Å². The van der Waals surface area contributed by atoms with Gasteiger partial charge in [-0.3, -0.25) is 10.1 Å². The number of methoxy groups -OCH3 is 2. The molecule has 0 bridgehead atoms. The summed E-state index contributed by atoms with van der Waals surface area (Å²) in [5, 5.41) is 6.40. The molecule has 0 aliphatic carbocycles. The van der Waals surface area contributed by atoms with Gasteiger partial charge in [0.1, 0.15) is 17.5 Å². The van der Waals surface area contributed by atoms with Gasteiger partial charge in [-0.15, -0.1) is 0 Å². The Morgan fingerprint density at radius 2 is 1.38 bits per heavy atom. The molecule has 0 aromatic heterocycles. The van der Waals surface area contributed by atoms with Gasteiger partial charge in [0.05, 0.1) is 14.2 Å². The summed E-state index contributed by atoms with van der Waals surface area (Å²) in [4.78, 5) is 13.0. The molecule has 0 saturated heterocycles. The first-order valence-electron chi connectivity index (χ1n) is 9.51. The highest BCUT2D eigenvalue weighted by Gasteiger charge is 2.20. The van der Waals surface area contributed by atoms with Crippen LogP contribution in [-0.4, -0.2) is 20.1 Å². The Balaban J connectivity index is 1.73. The molecule has 0 aliphatic rings. The van der Waals surface area contributed by atoms with Crippen LogP contribution in [0.15, 0.2) is 78.9 Å². The first-order valence-corrected chi connectivity index (χ1v) is 9.51. The van der Waals surface area contributed by atoms with Crippen molar-refractivity contribution in [2.45, 2.75) is 19.1 Å². The van der Waals surface area contributed by atoms with Crippen LogP contribution in [0.4, 0.5) is 0 Å². The molecule has 1 atom stereocenters. The molecule has 3 aromatic rings. The van der Waals surface area contributed by atoms with Crippen LogP contribution in [-0.2, 0) is 17.9 Å². The molecule has 5 heteroatoms. The molecule has 2 N–H and O–H groups in total. The van der Waals surface area contributed by atoms with E-state index in [-0.39, 0.29) is 5.91 Å². The minimum Gasteiger partial charge on any atom is -0.497 e. The molecule has 0 radical (unpaired) electrons. The van der Waals surface area contributed by atoms with E-state index >= 15 is 0 Å². The van der Waals surface area contributed by atoms with Crippen molar-refractivity contribution in [3.05, 3.63) is 95.6 Å². The number of ether oxygens (including phenoxy) is 2. The highest BCUT2D eigenvalue weighted by Crippen LogP contribution is 2.23. The van der Waals surface area contributed by atoms with Gasteiger partial charge in [-0.05, 0) is 28.8 Å². The molecular weight excluding hydrogens is 364 g/mol. The monoisotopic (exact) mass is 390 g/mol. The van der Waals surface area contributed by atoms with E-state index in [0.29, 0.717) is 24.6 Å². The molecule has 5 nitrogen and oxygen atoms in total. The van der Waals surface area contributed by atoms with Crippen LogP contribution < -0.4 is 20.1 Å². The van der Waals surface area contributed by atoms with E-state index in [0.717, 1.165) is 16.7 Å². The zero-order valence-corrected chi connectivity index (χ0v) is 16.7. The summed E-state index contributed by atoms with van der Waals surface area (Å²) in [5.41, 5.74) is 2.94. The Morgan fingerprint density at radius 1 is 0.793 bits per heavy atom. The Hall–Kier alpha value is -3.31. The highest BCUT2D eigenvalue weighted by molar-refractivity contribution is 5.83. The lowest BCUT2D eigenvalue weighted by molar-refractivity contribution is -0.123. The molecule has 0 aliphatic heterocycles.